The largest absolute Gasteiger partial charge is 0.293 e. The third-order valence-electron chi connectivity index (χ3n) is 1.79. The van der Waals surface area contributed by atoms with Crippen molar-refractivity contribution >= 4 is 43.3 Å². The van der Waals surface area contributed by atoms with Gasteiger partial charge in [0.2, 0.25) is 0 Å². The third kappa shape index (κ3) is 2.85. The number of nitrogens with zero attached hydrogens (tertiary/aromatic N) is 1. The highest BCUT2D eigenvalue weighted by atomic mass is 79.9. The van der Waals surface area contributed by atoms with Crippen molar-refractivity contribution in [2.24, 2.45) is 0 Å². The molecule has 0 amide bonds. The van der Waals surface area contributed by atoms with Gasteiger partial charge >= 0.3 is 0 Å². The molecule has 0 aliphatic rings. The molecule has 0 saturated heterocycles. The van der Waals surface area contributed by atoms with Gasteiger partial charge in [-0.15, -0.1) is 0 Å². The average molecular weight is 337 g/mol. The van der Waals surface area contributed by atoms with Gasteiger partial charge in [0.15, 0.2) is 5.78 Å². The molecule has 0 saturated carbocycles. The Kier molecular flexibility index (Phi) is 3.98. The zero-order chi connectivity index (χ0) is 11.6. The second-order valence-corrected chi connectivity index (χ2v) is 5.13. The summed E-state index contributed by atoms with van der Waals surface area (Å²) in [6.45, 7) is 1.70. The summed E-state index contributed by atoms with van der Waals surface area (Å²) in [7, 11) is 0. The highest BCUT2D eigenvalue weighted by molar-refractivity contribution is 9.10. The topological polar surface area (TPSA) is 60.2 Å². The Hall–Kier alpha value is -0.750. The Morgan fingerprint density at radius 2 is 2.13 bits per heavy atom. The van der Waals surface area contributed by atoms with Gasteiger partial charge in [0, 0.05) is 22.2 Å². The van der Waals surface area contributed by atoms with Crippen LogP contribution in [0.25, 0.3) is 0 Å². The van der Waals surface area contributed by atoms with Gasteiger partial charge in [-0.3, -0.25) is 14.9 Å². The van der Waals surface area contributed by atoms with E-state index in [4.69, 9.17) is 0 Å². The number of hydrogen-bond acceptors (Lipinski definition) is 3. The van der Waals surface area contributed by atoms with E-state index in [0.717, 1.165) is 0 Å². The number of nitro benzene ring substituents is 1. The monoisotopic (exact) mass is 335 g/mol. The number of non-ortho nitro benzene ring substituents is 1. The fraction of sp³-hybridized carbons (Fsp3) is 0.222. The van der Waals surface area contributed by atoms with E-state index in [1.165, 1.54) is 18.2 Å². The fourth-order valence-corrected chi connectivity index (χ4v) is 1.84. The van der Waals surface area contributed by atoms with Gasteiger partial charge in [-0.05, 0) is 28.9 Å². The highest BCUT2D eigenvalue weighted by Crippen LogP contribution is 2.25. The lowest BCUT2D eigenvalue weighted by molar-refractivity contribution is -0.384. The maximum Gasteiger partial charge on any atom is 0.270 e. The van der Waals surface area contributed by atoms with E-state index in [-0.39, 0.29) is 16.3 Å². The number of ketones is 1. The zero-order valence-electron chi connectivity index (χ0n) is 7.74. The summed E-state index contributed by atoms with van der Waals surface area (Å²) >= 11 is 6.29. The number of carbonyl (C=O) groups is 1. The van der Waals surface area contributed by atoms with Crippen LogP contribution >= 0.6 is 31.9 Å². The maximum absolute atomic E-state index is 11.6. The molecule has 0 aromatic heterocycles. The molecule has 4 nitrogen and oxygen atoms in total. The number of carbonyl (C=O) groups excluding carboxylic acids is 1. The van der Waals surface area contributed by atoms with Crippen molar-refractivity contribution in [1.82, 2.24) is 0 Å². The van der Waals surface area contributed by atoms with E-state index in [1.54, 1.807) is 6.92 Å². The number of benzene rings is 1. The molecule has 1 atom stereocenters. The Balaban J connectivity index is 3.14. The van der Waals surface area contributed by atoms with Crippen LogP contribution in [0.1, 0.15) is 17.3 Å². The van der Waals surface area contributed by atoms with E-state index in [0.29, 0.717) is 10.0 Å². The van der Waals surface area contributed by atoms with Crippen LogP contribution in [0.2, 0.25) is 0 Å². The summed E-state index contributed by atoms with van der Waals surface area (Å²) in [6.07, 6.45) is 0. The lowest BCUT2D eigenvalue weighted by atomic mass is 10.1. The fourth-order valence-electron chi connectivity index (χ4n) is 1.03. The summed E-state index contributed by atoms with van der Waals surface area (Å²) in [5, 5.41) is 10.5. The molecule has 0 spiro atoms. The van der Waals surface area contributed by atoms with Crippen LogP contribution in [0, 0.1) is 10.1 Å². The lowest BCUT2D eigenvalue weighted by Crippen LogP contribution is -2.10. The molecule has 0 heterocycles. The quantitative estimate of drug-likeness (QED) is 0.368. The van der Waals surface area contributed by atoms with Crippen molar-refractivity contribution < 1.29 is 9.72 Å². The van der Waals surface area contributed by atoms with Gasteiger partial charge in [-0.1, -0.05) is 15.9 Å². The molecule has 6 heteroatoms. The number of nitro groups is 1. The SMILES string of the molecule is CC(Br)C(=O)c1ccc([N+](=O)[O-])cc1Br. The van der Waals surface area contributed by atoms with Crippen molar-refractivity contribution in [2.45, 2.75) is 11.8 Å². The van der Waals surface area contributed by atoms with E-state index in [2.05, 4.69) is 31.9 Å². The first-order valence-electron chi connectivity index (χ1n) is 4.05. The van der Waals surface area contributed by atoms with Crippen molar-refractivity contribution in [3.05, 3.63) is 38.3 Å². The molecule has 0 N–H and O–H groups in total. The minimum absolute atomic E-state index is 0.0411. The number of halogens is 2. The van der Waals surface area contributed by atoms with Gasteiger partial charge in [0.05, 0.1) is 9.75 Å². The molecule has 1 rings (SSSR count). The van der Waals surface area contributed by atoms with Crippen LogP contribution in [0.15, 0.2) is 22.7 Å². The zero-order valence-corrected chi connectivity index (χ0v) is 10.9. The van der Waals surface area contributed by atoms with E-state index in [9.17, 15) is 14.9 Å². The van der Waals surface area contributed by atoms with Gasteiger partial charge in [-0.2, -0.15) is 0 Å². The van der Waals surface area contributed by atoms with Crippen molar-refractivity contribution in [3.63, 3.8) is 0 Å². The summed E-state index contributed by atoms with van der Waals surface area (Å²) in [4.78, 5) is 21.2. The maximum atomic E-state index is 11.6. The standard InChI is InChI=1S/C9H7Br2NO3/c1-5(10)9(13)7-3-2-6(12(14)15)4-8(7)11/h2-5H,1H3. The number of alkyl halides is 1. The molecule has 1 aromatic rings. The molecule has 80 valence electrons. The van der Waals surface area contributed by atoms with E-state index in [1.807, 2.05) is 0 Å². The van der Waals surface area contributed by atoms with Crippen LogP contribution in [0.5, 0.6) is 0 Å². The summed E-state index contributed by atoms with van der Waals surface area (Å²) in [6, 6.07) is 4.08. The summed E-state index contributed by atoms with van der Waals surface area (Å²) in [5.41, 5.74) is 0.394. The summed E-state index contributed by atoms with van der Waals surface area (Å²) in [5.74, 6) is -0.114. The van der Waals surface area contributed by atoms with Gasteiger partial charge in [-0.25, -0.2) is 0 Å². The van der Waals surface area contributed by atoms with Gasteiger partial charge < -0.3 is 0 Å². The Morgan fingerprint density at radius 3 is 2.53 bits per heavy atom. The number of hydrogen-bond donors (Lipinski definition) is 0. The van der Waals surface area contributed by atoms with Crippen LogP contribution < -0.4 is 0 Å². The molecular weight excluding hydrogens is 330 g/mol. The molecule has 0 aliphatic heterocycles. The molecular formula is C9H7Br2NO3. The molecule has 1 unspecified atom stereocenters. The first-order chi connectivity index (χ1) is 6.93. The smallest absolute Gasteiger partial charge is 0.270 e. The molecule has 0 radical (unpaired) electrons. The third-order valence-corrected chi connectivity index (χ3v) is 2.86. The molecule has 0 fully saturated rings. The molecule has 15 heavy (non-hydrogen) atoms. The number of rotatable bonds is 3. The minimum Gasteiger partial charge on any atom is -0.293 e. The Labute approximate surface area is 103 Å². The summed E-state index contributed by atoms with van der Waals surface area (Å²) < 4.78 is 0.438. The van der Waals surface area contributed by atoms with Crippen molar-refractivity contribution in [3.8, 4) is 0 Å². The van der Waals surface area contributed by atoms with E-state index < -0.39 is 4.92 Å². The Morgan fingerprint density at radius 1 is 1.53 bits per heavy atom. The molecule has 0 aliphatic carbocycles. The van der Waals surface area contributed by atoms with E-state index >= 15 is 0 Å². The minimum atomic E-state index is -0.503. The Bertz CT molecular complexity index is 418. The highest BCUT2D eigenvalue weighted by Gasteiger charge is 2.17. The van der Waals surface area contributed by atoms with Crippen LogP contribution in [0.3, 0.4) is 0 Å². The second-order valence-electron chi connectivity index (χ2n) is 2.90. The van der Waals surface area contributed by atoms with Crippen molar-refractivity contribution in [1.29, 1.82) is 0 Å². The van der Waals surface area contributed by atoms with Crippen LogP contribution in [-0.4, -0.2) is 15.5 Å². The number of Topliss-reactive ketones (excluding diaryl/α,β-unsaturated/α-hetero) is 1. The molecule has 0 bridgehead atoms. The van der Waals surface area contributed by atoms with Crippen LogP contribution in [0.4, 0.5) is 5.69 Å². The lowest BCUT2D eigenvalue weighted by Gasteiger charge is -2.04. The predicted octanol–water partition coefficient (Wildman–Crippen LogP) is 3.32. The van der Waals surface area contributed by atoms with Crippen molar-refractivity contribution in [2.75, 3.05) is 0 Å². The normalized spacial score (nSPS) is 12.2. The first-order valence-corrected chi connectivity index (χ1v) is 5.76. The first kappa shape index (κ1) is 12.3. The predicted molar refractivity (Wildman–Crippen MR) is 63.5 cm³/mol. The second kappa shape index (κ2) is 4.85. The average Bonchev–Trinajstić information content (AvgIpc) is 2.16. The van der Waals surface area contributed by atoms with Crippen LogP contribution in [-0.2, 0) is 0 Å². The molecule has 1 aromatic carbocycles. The van der Waals surface area contributed by atoms with Gasteiger partial charge in [0.1, 0.15) is 0 Å². The van der Waals surface area contributed by atoms with Gasteiger partial charge in [0.25, 0.3) is 5.69 Å².